The molecule has 0 aromatic heterocycles. The van der Waals surface area contributed by atoms with Crippen LogP contribution in [0.2, 0.25) is 0 Å². The Morgan fingerprint density at radius 3 is 3.08 bits per heavy atom. The van der Waals surface area contributed by atoms with Gasteiger partial charge in [-0.1, -0.05) is 6.92 Å². The van der Waals surface area contributed by atoms with Crippen molar-refractivity contribution in [1.82, 2.24) is 10.2 Å². The summed E-state index contributed by atoms with van der Waals surface area (Å²) in [6.45, 7) is 5.39. The molecule has 1 saturated heterocycles. The van der Waals surface area contributed by atoms with E-state index in [4.69, 9.17) is 5.73 Å². The van der Waals surface area contributed by atoms with Gasteiger partial charge < -0.3 is 11.1 Å². The van der Waals surface area contributed by atoms with E-state index in [-0.39, 0.29) is 11.9 Å². The molecular formula is C9H19N3O. The Morgan fingerprint density at radius 1 is 1.69 bits per heavy atom. The summed E-state index contributed by atoms with van der Waals surface area (Å²) in [5.74, 6) is 0.143. The minimum Gasteiger partial charge on any atom is -0.355 e. The van der Waals surface area contributed by atoms with E-state index in [0.29, 0.717) is 6.54 Å². The van der Waals surface area contributed by atoms with Crippen LogP contribution in [0.4, 0.5) is 0 Å². The standard InChI is InChI=1S/C9H19N3O/c1-2-12-7-3-6-11-9(13)8(12)4-5-10/h8H,2-7,10H2,1H3,(H,11,13). The van der Waals surface area contributed by atoms with E-state index in [9.17, 15) is 4.79 Å². The number of amides is 1. The first kappa shape index (κ1) is 10.5. The van der Waals surface area contributed by atoms with E-state index in [1.807, 2.05) is 0 Å². The Morgan fingerprint density at radius 2 is 2.46 bits per heavy atom. The number of nitrogens with two attached hydrogens (primary N) is 1. The number of carbonyl (C=O) groups is 1. The van der Waals surface area contributed by atoms with Crippen LogP contribution in [0.25, 0.3) is 0 Å². The molecule has 13 heavy (non-hydrogen) atoms. The van der Waals surface area contributed by atoms with E-state index >= 15 is 0 Å². The van der Waals surface area contributed by atoms with E-state index < -0.39 is 0 Å². The zero-order valence-corrected chi connectivity index (χ0v) is 8.25. The quantitative estimate of drug-likeness (QED) is 0.626. The molecule has 1 unspecified atom stereocenters. The van der Waals surface area contributed by atoms with Crippen LogP contribution in [0, 0.1) is 0 Å². The summed E-state index contributed by atoms with van der Waals surface area (Å²) < 4.78 is 0. The molecule has 4 nitrogen and oxygen atoms in total. The molecular weight excluding hydrogens is 166 g/mol. The summed E-state index contributed by atoms with van der Waals surface area (Å²) >= 11 is 0. The second kappa shape index (κ2) is 5.19. The van der Waals surface area contributed by atoms with Gasteiger partial charge >= 0.3 is 0 Å². The molecule has 0 bridgehead atoms. The molecule has 0 radical (unpaired) electrons. The fourth-order valence-corrected chi connectivity index (χ4v) is 1.78. The first-order valence-electron chi connectivity index (χ1n) is 5.01. The van der Waals surface area contributed by atoms with Crippen LogP contribution in [0.15, 0.2) is 0 Å². The van der Waals surface area contributed by atoms with Gasteiger partial charge in [0.15, 0.2) is 0 Å². The van der Waals surface area contributed by atoms with E-state index in [0.717, 1.165) is 32.5 Å². The normalized spacial score (nSPS) is 25.4. The Kier molecular flexibility index (Phi) is 4.18. The number of hydrogen-bond donors (Lipinski definition) is 2. The van der Waals surface area contributed by atoms with E-state index in [1.165, 1.54) is 0 Å². The number of likely N-dealkylation sites (N-methyl/N-ethyl adjacent to an activating group) is 1. The maximum atomic E-state index is 11.6. The molecule has 0 aromatic rings. The zero-order valence-electron chi connectivity index (χ0n) is 8.25. The number of nitrogens with zero attached hydrogens (tertiary/aromatic N) is 1. The van der Waals surface area contributed by atoms with Crippen molar-refractivity contribution in [3.05, 3.63) is 0 Å². The number of carbonyl (C=O) groups excluding carboxylic acids is 1. The van der Waals surface area contributed by atoms with Crippen LogP contribution in [0.5, 0.6) is 0 Å². The van der Waals surface area contributed by atoms with Crippen LogP contribution >= 0.6 is 0 Å². The third-order valence-corrected chi connectivity index (χ3v) is 2.51. The fourth-order valence-electron chi connectivity index (χ4n) is 1.78. The highest BCUT2D eigenvalue weighted by Gasteiger charge is 2.25. The van der Waals surface area contributed by atoms with Gasteiger partial charge in [-0.25, -0.2) is 0 Å². The smallest absolute Gasteiger partial charge is 0.237 e. The van der Waals surface area contributed by atoms with Gasteiger partial charge in [-0.15, -0.1) is 0 Å². The number of nitrogens with one attached hydrogen (secondary N) is 1. The summed E-state index contributed by atoms with van der Waals surface area (Å²) in [5, 5.41) is 2.91. The van der Waals surface area contributed by atoms with Crippen molar-refractivity contribution in [2.24, 2.45) is 5.73 Å². The van der Waals surface area contributed by atoms with Crippen molar-refractivity contribution >= 4 is 5.91 Å². The molecule has 0 aromatic carbocycles. The highest BCUT2D eigenvalue weighted by atomic mass is 16.2. The Labute approximate surface area is 79.5 Å². The average Bonchev–Trinajstić information content (AvgIpc) is 2.30. The van der Waals surface area contributed by atoms with Crippen molar-refractivity contribution < 1.29 is 4.79 Å². The van der Waals surface area contributed by atoms with Crippen molar-refractivity contribution in [2.75, 3.05) is 26.2 Å². The van der Waals surface area contributed by atoms with Gasteiger partial charge in [0, 0.05) is 13.1 Å². The lowest BCUT2D eigenvalue weighted by molar-refractivity contribution is -0.125. The van der Waals surface area contributed by atoms with E-state index in [2.05, 4.69) is 17.1 Å². The predicted octanol–water partition coefficient (Wildman–Crippen LogP) is -0.454. The molecule has 0 aliphatic carbocycles. The first-order valence-corrected chi connectivity index (χ1v) is 5.01. The number of rotatable bonds is 3. The lowest BCUT2D eigenvalue weighted by Crippen LogP contribution is -2.45. The van der Waals surface area contributed by atoms with Gasteiger partial charge in [-0.3, -0.25) is 9.69 Å². The Bertz CT molecular complexity index is 172. The summed E-state index contributed by atoms with van der Waals surface area (Å²) in [6, 6.07) is -0.00231. The molecule has 1 aliphatic rings. The lowest BCUT2D eigenvalue weighted by atomic mass is 10.1. The first-order chi connectivity index (χ1) is 6.29. The molecule has 1 aliphatic heterocycles. The van der Waals surface area contributed by atoms with Gasteiger partial charge in [0.05, 0.1) is 6.04 Å². The maximum absolute atomic E-state index is 11.6. The van der Waals surface area contributed by atoms with Gasteiger partial charge in [0.2, 0.25) is 5.91 Å². The molecule has 0 saturated carbocycles. The molecule has 0 spiro atoms. The average molecular weight is 185 g/mol. The highest BCUT2D eigenvalue weighted by molar-refractivity contribution is 5.81. The van der Waals surface area contributed by atoms with Crippen LogP contribution in [-0.2, 0) is 4.79 Å². The molecule has 1 amide bonds. The van der Waals surface area contributed by atoms with Gasteiger partial charge in [-0.05, 0) is 25.9 Å². The Hall–Kier alpha value is -0.610. The monoisotopic (exact) mass is 185 g/mol. The van der Waals surface area contributed by atoms with Gasteiger partial charge in [0.25, 0.3) is 0 Å². The predicted molar refractivity (Wildman–Crippen MR) is 52.3 cm³/mol. The SMILES string of the molecule is CCN1CCCNC(=O)C1CCN. The van der Waals surface area contributed by atoms with Crippen molar-refractivity contribution in [3.8, 4) is 0 Å². The molecule has 3 N–H and O–H groups in total. The van der Waals surface area contributed by atoms with Crippen LogP contribution in [-0.4, -0.2) is 43.0 Å². The van der Waals surface area contributed by atoms with Crippen LogP contribution in [0.3, 0.4) is 0 Å². The van der Waals surface area contributed by atoms with Crippen molar-refractivity contribution in [1.29, 1.82) is 0 Å². The molecule has 1 atom stereocenters. The molecule has 76 valence electrons. The lowest BCUT2D eigenvalue weighted by Gasteiger charge is -2.26. The minimum absolute atomic E-state index is 0.00231. The largest absolute Gasteiger partial charge is 0.355 e. The van der Waals surface area contributed by atoms with Crippen LogP contribution < -0.4 is 11.1 Å². The second-order valence-electron chi connectivity index (χ2n) is 3.37. The van der Waals surface area contributed by atoms with E-state index in [1.54, 1.807) is 0 Å². The topological polar surface area (TPSA) is 58.4 Å². The van der Waals surface area contributed by atoms with Gasteiger partial charge in [0.1, 0.15) is 0 Å². The van der Waals surface area contributed by atoms with Crippen LogP contribution in [0.1, 0.15) is 19.8 Å². The number of hydrogen-bond acceptors (Lipinski definition) is 3. The molecule has 1 heterocycles. The zero-order chi connectivity index (χ0) is 9.68. The minimum atomic E-state index is -0.00231. The third kappa shape index (κ3) is 2.67. The fraction of sp³-hybridized carbons (Fsp3) is 0.889. The van der Waals surface area contributed by atoms with Crippen molar-refractivity contribution in [2.45, 2.75) is 25.8 Å². The highest BCUT2D eigenvalue weighted by Crippen LogP contribution is 2.07. The summed E-state index contributed by atoms with van der Waals surface area (Å²) in [7, 11) is 0. The molecule has 1 fully saturated rings. The second-order valence-corrected chi connectivity index (χ2v) is 3.37. The maximum Gasteiger partial charge on any atom is 0.237 e. The van der Waals surface area contributed by atoms with Crippen molar-refractivity contribution in [3.63, 3.8) is 0 Å². The third-order valence-electron chi connectivity index (χ3n) is 2.51. The summed E-state index contributed by atoms with van der Waals surface area (Å²) in [5.41, 5.74) is 5.48. The van der Waals surface area contributed by atoms with Gasteiger partial charge in [-0.2, -0.15) is 0 Å². The summed E-state index contributed by atoms with van der Waals surface area (Å²) in [4.78, 5) is 13.8. The molecule has 4 heteroatoms. The molecule has 1 rings (SSSR count). The Balaban J connectivity index is 2.60. The summed E-state index contributed by atoms with van der Waals surface area (Å²) in [6.07, 6.45) is 1.81.